The maximum Gasteiger partial charge on any atom is 0.235 e. The lowest BCUT2D eigenvalue weighted by atomic mass is 9.84. The first-order valence-corrected chi connectivity index (χ1v) is 6.28. The van der Waals surface area contributed by atoms with Crippen LogP contribution in [0.2, 0.25) is 5.02 Å². The summed E-state index contributed by atoms with van der Waals surface area (Å²) in [5, 5.41) is 7.09. The SMILES string of the molecule is Cc1cc(NC(=O)C(C)(C)c2cccc(Cl)c2)no1. The lowest BCUT2D eigenvalue weighted by Crippen LogP contribution is -2.34. The average Bonchev–Trinajstić information content (AvgIpc) is 2.74. The summed E-state index contributed by atoms with van der Waals surface area (Å²) in [6, 6.07) is 8.94. The number of carbonyl (C=O) groups is 1. The Labute approximate surface area is 116 Å². The minimum Gasteiger partial charge on any atom is -0.360 e. The fourth-order valence-corrected chi connectivity index (χ4v) is 1.90. The molecular weight excluding hydrogens is 264 g/mol. The zero-order valence-electron chi connectivity index (χ0n) is 11.0. The van der Waals surface area contributed by atoms with Crippen molar-refractivity contribution in [1.29, 1.82) is 0 Å². The van der Waals surface area contributed by atoms with E-state index in [9.17, 15) is 4.79 Å². The lowest BCUT2D eigenvalue weighted by molar-refractivity contribution is -0.120. The second-order valence-corrected chi connectivity index (χ2v) is 5.35. The van der Waals surface area contributed by atoms with Crippen LogP contribution in [0.15, 0.2) is 34.9 Å². The number of aryl methyl sites for hydroxylation is 1. The molecule has 0 aliphatic rings. The Morgan fingerprint density at radius 1 is 1.37 bits per heavy atom. The van der Waals surface area contributed by atoms with E-state index in [4.69, 9.17) is 16.1 Å². The zero-order valence-corrected chi connectivity index (χ0v) is 11.8. The van der Waals surface area contributed by atoms with Crippen molar-refractivity contribution in [3.8, 4) is 0 Å². The number of rotatable bonds is 3. The lowest BCUT2D eigenvalue weighted by Gasteiger charge is -2.23. The molecule has 0 saturated carbocycles. The summed E-state index contributed by atoms with van der Waals surface area (Å²) in [6.07, 6.45) is 0. The Hall–Kier alpha value is -1.81. The molecule has 0 bridgehead atoms. The highest BCUT2D eigenvalue weighted by Gasteiger charge is 2.30. The molecule has 0 radical (unpaired) electrons. The number of carbonyl (C=O) groups excluding carboxylic acids is 1. The highest BCUT2D eigenvalue weighted by atomic mass is 35.5. The second-order valence-electron chi connectivity index (χ2n) is 4.91. The Balaban J connectivity index is 2.21. The van der Waals surface area contributed by atoms with Crippen LogP contribution in [0.1, 0.15) is 25.2 Å². The van der Waals surface area contributed by atoms with Crippen molar-refractivity contribution in [2.45, 2.75) is 26.2 Å². The molecule has 0 saturated heterocycles. The van der Waals surface area contributed by atoms with Crippen LogP contribution >= 0.6 is 11.6 Å². The van der Waals surface area contributed by atoms with Crippen molar-refractivity contribution >= 4 is 23.3 Å². The van der Waals surface area contributed by atoms with Gasteiger partial charge in [-0.25, -0.2) is 0 Å². The summed E-state index contributed by atoms with van der Waals surface area (Å²) in [7, 11) is 0. The quantitative estimate of drug-likeness (QED) is 0.934. The topological polar surface area (TPSA) is 55.1 Å². The van der Waals surface area contributed by atoms with Gasteiger partial charge < -0.3 is 9.84 Å². The Morgan fingerprint density at radius 3 is 2.68 bits per heavy atom. The maximum absolute atomic E-state index is 12.3. The molecule has 5 heteroatoms. The van der Waals surface area contributed by atoms with Crippen LogP contribution < -0.4 is 5.32 Å². The van der Waals surface area contributed by atoms with E-state index in [0.29, 0.717) is 16.6 Å². The van der Waals surface area contributed by atoms with Gasteiger partial charge in [-0.15, -0.1) is 0 Å². The van der Waals surface area contributed by atoms with E-state index in [2.05, 4.69) is 10.5 Å². The molecule has 1 amide bonds. The fourth-order valence-electron chi connectivity index (χ4n) is 1.71. The van der Waals surface area contributed by atoms with Gasteiger partial charge in [0.2, 0.25) is 5.91 Å². The number of nitrogens with zero attached hydrogens (tertiary/aromatic N) is 1. The molecule has 1 N–H and O–H groups in total. The normalized spacial score (nSPS) is 11.4. The van der Waals surface area contributed by atoms with Gasteiger partial charge in [0, 0.05) is 11.1 Å². The van der Waals surface area contributed by atoms with E-state index in [1.165, 1.54) is 0 Å². The van der Waals surface area contributed by atoms with Gasteiger partial charge in [0.15, 0.2) is 5.82 Å². The maximum atomic E-state index is 12.3. The fraction of sp³-hybridized carbons (Fsp3) is 0.286. The predicted octanol–water partition coefficient (Wildman–Crippen LogP) is 3.55. The predicted molar refractivity (Wildman–Crippen MR) is 74.3 cm³/mol. The van der Waals surface area contributed by atoms with E-state index in [1.807, 2.05) is 26.0 Å². The molecule has 1 aromatic heterocycles. The van der Waals surface area contributed by atoms with Crippen LogP contribution in [-0.2, 0) is 10.2 Å². The van der Waals surface area contributed by atoms with Crippen molar-refractivity contribution in [2.75, 3.05) is 5.32 Å². The Bertz CT molecular complexity index is 605. The van der Waals surface area contributed by atoms with Crippen LogP contribution in [0.3, 0.4) is 0 Å². The monoisotopic (exact) mass is 278 g/mol. The molecule has 19 heavy (non-hydrogen) atoms. The number of amides is 1. The first kappa shape index (κ1) is 13.6. The molecule has 2 aromatic rings. The number of hydrogen-bond acceptors (Lipinski definition) is 3. The highest BCUT2D eigenvalue weighted by molar-refractivity contribution is 6.30. The number of nitrogens with one attached hydrogen (secondary N) is 1. The summed E-state index contributed by atoms with van der Waals surface area (Å²) in [6.45, 7) is 5.44. The van der Waals surface area contributed by atoms with Gasteiger partial charge in [-0.1, -0.05) is 28.9 Å². The molecule has 0 fully saturated rings. The Morgan fingerprint density at radius 2 is 2.11 bits per heavy atom. The molecule has 2 rings (SSSR count). The number of aromatic nitrogens is 1. The molecule has 0 spiro atoms. The van der Waals surface area contributed by atoms with Crippen LogP contribution in [0.5, 0.6) is 0 Å². The summed E-state index contributed by atoms with van der Waals surface area (Å²) in [5.74, 6) is 0.900. The first-order valence-electron chi connectivity index (χ1n) is 5.90. The molecule has 0 aliphatic heterocycles. The summed E-state index contributed by atoms with van der Waals surface area (Å²) in [5.41, 5.74) is 0.135. The van der Waals surface area contributed by atoms with Gasteiger partial charge in [0.05, 0.1) is 5.41 Å². The van der Waals surface area contributed by atoms with Crippen molar-refractivity contribution < 1.29 is 9.32 Å². The van der Waals surface area contributed by atoms with Crippen LogP contribution in [0, 0.1) is 6.92 Å². The van der Waals surface area contributed by atoms with E-state index in [1.54, 1.807) is 25.1 Å². The average molecular weight is 279 g/mol. The molecule has 0 unspecified atom stereocenters. The van der Waals surface area contributed by atoms with Gasteiger partial charge >= 0.3 is 0 Å². The minimum absolute atomic E-state index is 0.164. The van der Waals surface area contributed by atoms with E-state index >= 15 is 0 Å². The standard InChI is InChI=1S/C14H15ClN2O2/c1-9-7-12(17-19-9)16-13(18)14(2,3)10-5-4-6-11(15)8-10/h4-8H,1-3H3,(H,16,17,18). The van der Waals surface area contributed by atoms with Gasteiger partial charge in [-0.2, -0.15) is 0 Å². The molecular formula is C14H15ClN2O2. The van der Waals surface area contributed by atoms with Crippen molar-refractivity contribution in [3.63, 3.8) is 0 Å². The smallest absolute Gasteiger partial charge is 0.235 e. The van der Waals surface area contributed by atoms with Gasteiger partial charge in [-0.3, -0.25) is 4.79 Å². The second kappa shape index (κ2) is 5.05. The number of halogens is 1. The third kappa shape index (κ3) is 2.96. The minimum atomic E-state index is -0.711. The van der Waals surface area contributed by atoms with Gasteiger partial charge in [-0.05, 0) is 38.5 Å². The van der Waals surface area contributed by atoms with Crippen LogP contribution in [-0.4, -0.2) is 11.1 Å². The number of hydrogen-bond donors (Lipinski definition) is 1. The number of anilines is 1. The first-order chi connectivity index (χ1) is 8.89. The van der Waals surface area contributed by atoms with E-state index in [-0.39, 0.29) is 5.91 Å². The van der Waals surface area contributed by atoms with Crippen molar-refractivity contribution in [1.82, 2.24) is 5.16 Å². The number of benzene rings is 1. The van der Waals surface area contributed by atoms with E-state index < -0.39 is 5.41 Å². The van der Waals surface area contributed by atoms with Gasteiger partial charge in [0.1, 0.15) is 5.76 Å². The molecule has 1 heterocycles. The molecule has 0 atom stereocenters. The molecule has 100 valence electrons. The summed E-state index contributed by atoms with van der Waals surface area (Å²) >= 11 is 5.96. The Kier molecular flexibility index (Phi) is 3.62. The van der Waals surface area contributed by atoms with Gasteiger partial charge in [0.25, 0.3) is 0 Å². The molecule has 0 aliphatic carbocycles. The van der Waals surface area contributed by atoms with Crippen molar-refractivity contribution in [3.05, 3.63) is 46.7 Å². The van der Waals surface area contributed by atoms with Crippen LogP contribution in [0.25, 0.3) is 0 Å². The zero-order chi connectivity index (χ0) is 14.0. The van der Waals surface area contributed by atoms with E-state index in [0.717, 1.165) is 5.56 Å². The summed E-state index contributed by atoms with van der Waals surface area (Å²) in [4.78, 5) is 12.3. The molecule has 4 nitrogen and oxygen atoms in total. The third-order valence-electron chi connectivity index (χ3n) is 2.98. The third-order valence-corrected chi connectivity index (χ3v) is 3.22. The summed E-state index contributed by atoms with van der Waals surface area (Å²) < 4.78 is 4.92. The highest BCUT2D eigenvalue weighted by Crippen LogP contribution is 2.27. The molecule has 1 aromatic carbocycles. The largest absolute Gasteiger partial charge is 0.360 e. The van der Waals surface area contributed by atoms with Crippen molar-refractivity contribution in [2.24, 2.45) is 0 Å². The van der Waals surface area contributed by atoms with Crippen LogP contribution in [0.4, 0.5) is 5.82 Å².